The Labute approximate surface area is 185 Å². The molecule has 7 nitrogen and oxygen atoms in total. The van der Waals surface area contributed by atoms with Crippen LogP contribution in [0.15, 0.2) is 35.2 Å². The van der Waals surface area contributed by atoms with Gasteiger partial charge in [-0.3, -0.25) is 4.79 Å². The number of rotatable bonds is 6. The molecule has 0 bridgehead atoms. The normalized spacial score (nSPS) is 15.2. The number of piperazine rings is 1. The third kappa shape index (κ3) is 5.08. The second-order valence-corrected chi connectivity index (χ2v) is 9.85. The summed E-state index contributed by atoms with van der Waals surface area (Å²) >= 11 is 0. The van der Waals surface area contributed by atoms with Crippen LogP contribution >= 0.6 is 0 Å². The highest BCUT2D eigenvalue weighted by Crippen LogP contribution is 2.26. The Morgan fingerprint density at radius 3 is 2.26 bits per heavy atom. The molecule has 2 aromatic rings. The number of nitrogens with one attached hydrogen (secondary N) is 2. The van der Waals surface area contributed by atoms with Crippen LogP contribution in [0.3, 0.4) is 0 Å². The van der Waals surface area contributed by atoms with Crippen molar-refractivity contribution in [1.29, 1.82) is 0 Å². The van der Waals surface area contributed by atoms with Crippen molar-refractivity contribution < 1.29 is 13.2 Å². The van der Waals surface area contributed by atoms with Gasteiger partial charge in [-0.15, -0.1) is 0 Å². The lowest BCUT2D eigenvalue weighted by molar-refractivity contribution is 0.102. The number of nitrogens with zero attached hydrogens (tertiary/aromatic N) is 2. The molecule has 0 unspecified atom stereocenters. The predicted molar refractivity (Wildman–Crippen MR) is 126 cm³/mol. The Kier molecular flexibility index (Phi) is 7.03. The zero-order valence-electron chi connectivity index (χ0n) is 18.9. The molecule has 1 amide bonds. The van der Waals surface area contributed by atoms with Crippen LogP contribution in [0.25, 0.3) is 0 Å². The lowest BCUT2D eigenvalue weighted by Gasteiger charge is -2.35. The van der Waals surface area contributed by atoms with Gasteiger partial charge in [-0.2, -0.15) is 0 Å². The summed E-state index contributed by atoms with van der Waals surface area (Å²) in [6.45, 7) is 12.9. The second kappa shape index (κ2) is 9.38. The second-order valence-electron chi connectivity index (χ2n) is 8.00. The van der Waals surface area contributed by atoms with Crippen molar-refractivity contribution in [2.75, 3.05) is 50.0 Å². The van der Waals surface area contributed by atoms with Crippen molar-refractivity contribution in [2.45, 2.75) is 32.6 Å². The molecule has 3 rings (SSSR count). The fourth-order valence-corrected chi connectivity index (χ4v) is 4.91. The molecule has 2 N–H and O–H groups in total. The Balaban J connectivity index is 1.80. The van der Waals surface area contributed by atoms with Gasteiger partial charge in [-0.1, -0.05) is 6.92 Å². The SMILES string of the molecule is CCN1CCN(c2ccc(NC(=O)c3cc(C)c(C)c(S(=O)(=O)NC)c3)c(C)c2)CC1. The predicted octanol–water partition coefficient (Wildman–Crippen LogP) is 2.91. The van der Waals surface area contributed by atoms with Crippen LogP contribution in [-0.4, -0.2) is 59.0 Å². The topological polar surface area (TPSA) is 81.8 Å². The first-order valence-corrected chi connectivity index (χ1v) is 12.1. The van der Waals surface area contributed by atoms with Gasteiger partial charge in [0.05, 0.1) is 4.90 Å². The highest BCUT2D eigenvalue weighted by atomic mass is 32.2. The molecule has 1 fully saturated rings. The van der Waals surface area contributed by atoms with Gasteiger partial charge >= 0.3 is 0 Å². The van der Waals surface area contributed by atoms with E-state index in [-0.39, 0.29) is 10.8 Å². The summed E-state index contributed by atoms with van der Waals surface area (Å²) in [5, 5.41) is 2.94. The first kappa shape index (κ1) is 23.2. The zero-order valence-corrected chi connectivity index (χ0v) is 19.8. The van der Waals surface area contributed by atoms with E-state index in [1.807, 2.05) is 19.1 Å². The van der Waals surface area contributed by atoms with Crippen LogP contribution in [0, 0.1) is 20.8 Å². The quantitative estimate of drug-likeness (QED) is 0.716. The molecule has 0 saturated carbocycles. The number of amides is 1. The molecule has 1 heterocycles. The average molecular weight is 445 g/mol. The van der Waals surface area contributed by atoms with Crippen molar-refractivity contribution in [3.05, 3.63) is 52.6 Å². The van der Waals surface area contributed by atoms with Crippen molar-refractivity contribution in [3.63, 3.8) is 0 Å². The molecule has 0 spiro atoms. The molecule has 0 aromatic heterocycles. The summed E-state index contributed by atoms with van der Waals surface area (Å²) in [4.78, 5) is 17.8. The van der Waals surface area contributed by atoms with Crippen LogP contribution in [0.5, 0.6) is 0 Å². The van der Waals surface area contributed by atoms with Gasteiger partial charge in [0.25, 0.3) is 5.91 Å². The number of aryl methyl sites for hydroxylation is 2. The lowest BCUT2D eigenvalue weighted by atomic mass is 10.1. The van der Waals surface area contributed by atoms with E-state index in [1.54, 1.807) is 19.9 Å². The van der Waals surface area contributed by atoms with Crippen molar-refractivity contribution in [2.24, 2.45) is 0 Å². The minimum absolute atomic E-state index is 0.124. The Morgan fingerprint density at radius 1 is 1.00 bits per heavy atom. The molecule has 0 aliphatic carbocycles. The number of hydrogen-bond acceptors (Lipinski definition) is 5. The molecular weight excluding hydrogens is 412 g/mol. The Hall–Kier alpha value is -2.42. The van der Waals surface area contributed by atoms with E-state index in [9.17, 15) is 13.2 Å². The van der Waals surface area contributed by atoms with Crippen LogP contribution in [0.1, 0.15) is 34.0 Å². The first-order chi connectivity index (χ1) is 14.7. The van der Waals surface area contributed by atoms with E-state index >= 15 is 0 Å². The number of sulfonamides is 1. The van der Waals surface area contributed by atoms with Gasteiger partial charge in [-0.05, 0) is 81.4 Å². The maximum absolute atomic E-state index is 12.9. The van der Waals surface area contributed by atoms with Gasteiger partial charge in [0.2, 0.25) is 10.0 Å². The molecule has 1 aliphatic rings. The first-order valence-electron chi connectivity index (χ1n) is 10.6. The number of likely N-dealkylation sites (N-methyl/N-ethyl adjacent to an activating group) is 1. The minimum atomic E-state index is -3.65. The highest BCUT2D eigenvalue weighted by molar-refractivity contribution is 7.89. The van der Waals surface area contributed by atoms with E-state index in [2.05, 4.69) is 32.8 Å². The molecular formula is C23H32N4O3S. The van der Waals surface area contributed by atoms with Crippen molar-refractivity contribution >= 4 is 27.3 Å². The molecule has 2 aromatic carbocycles. The van der Waals surface area contributed by atoms with E-state index in [0.717, 1.165) is 55.2 Å². The van der Waals surface area contributed by atoms with E-state index in [4.69, 9.17) is 0 Å². The molecule has 1 aliphatic heterocycles. The maximum atomic E-state index is 12.9. The van der Waals surface area contributed by atoms with E-state index < -0.39 is 10.0 Å². The third-order valence-electron chi connectivity index (χ3n) is 6.08. The fraction of sp³-hybridized carbons (Fsp3) is 0.435. The molecule has 1 saturated heterocycles. The molecule has 0 radical (unpaired) electrons. The smallest absolute Gasteiger partial charge is 0.255 e. The molecule has 31 heavy (non-hydrogen) atoms. The van der Waals surface area contributed by atoms with Gasteiger partial charge in [0.15, 0.2) is 0 Å². The molecule has 168 valence electrons. The fourth-order valence-electron chi connectivity index (χ4n) is 3.85. The Morgan fingerprint density at radius 2 is 1.68 bits per heavy atom. The summed E-state index contributed by atoms with van der Waals surface area (Å²) in [5.41, 5.74) is 4.54. The summed E-state index contributed by atoms with van der Waals surface area (Å²) in [7, 11) is -2.29. The van der Waals surface area contributed by atoms with Gasteiger partial charge in [0, 0.05) is 43.1 Å². The summed E-state index contributed by atoms with van der Waals surface area (Å²) in [6, 6.07) is 9.19. The lowest BCUT2D eigenvalue weighted by Crippen LogP contribution is -2.46. The standard InChI is InChI=1S/C23H32N4O3S/c1-6-26-9-11-27(12-10-26)20-7-8-21(17(3)14-20)25-23(28)19-13-16(2)18(4)22(15-19)31(29,30)24-5/h7-8,13-15,24H,6,9-12H2,1-5H3,(H,25,28). The van der Waals surface area contributed by atoms with E-state index in [1.165, 1.54) is 13.1 Å². The van der Waals surface area contributed by atoms with Crippen LogP contribution in [-0.2, 0) is 10.0 Å². The van der Waals surface area contributed by atoms with Crippen LogP contribution in [0.2, 0.25) is 0 Å². The van der Waals surface area contributed by atoms with Crippen molar-refractivity contribution in [1.82, 2.24) is 9.62 Å². The van der Waals surface area contributed by atoms with Gasteiger partial charge in [0.1, 0.15) is 0 Å². The van der Waals surface area contributed by atoms with Gasteiger partial charge in [-0.25, -0.2) is 13.1 Å². The number of carbonyl (C=O) groups excluding carboxylic acids is 1. The Bertz CT molecular complexity index is 1070. The van der Waals surface area contributed by atoms with Crippen LogP contribution < -0.4 is 14.9 Å². The number of anilines is 2. The van der Waals surface area contributed by atoms with Crippen LogP contribution in [0.4, 0.5) is 11.4 Å². The van der Waals surface area contributed by atoms with Crippen molar-refractivity contribution in [3.8, 4) is 0 Å². The minimum Gasteiger partial charge on any atom is -0.369 e. The van der Waals surface area contributed by atoms with E-state index in [0.29, 0.717) is 11.1 Å². The third-order valence-corrected chi connectivity index (χ3v) is 7.62. The average Bonchev–Trinajstić information content (AvgIpc) is 2.76. The summed E-state index contributed by atoms with van der Waals surface area (Å²) in [6.07, 6.45) is 0. The van der Waals surface area contributed by atoms with Gasteiger partial charge < -0.3 is 15.1 Å². The summed E-state index contributed by atoms with van der Waals surface area (Å²) in [5.74, 6) is -0.330. The maximum Gasteiger partial charge on any atom is 0.255 e. The molecule has 0 atom stereocenters. The number of carbonyl (C=O) groups is 1. The molecule has 8 heteroatoms. The zero-order chi connectivity index (χ0) is 22.8. The highest BCUT2D eigenvalue weighted by Gasteiger charge is 2.20. The number of benzene rings is 2. The largest absolute Gasteiger partial charge is 0.369 e. The number of hydrogen-bond donors (Lipinski definition) is 2. The summed E-state index contributed by atoms with van der Waals surface area (Å²) < 4.78 is 27.0. The monoisotopic (exact) mass is 444 g/mol.